The van der Waals surface area contributed by atoms with Crippen LogP contribution in [0.2, 0.25) is 0 Å². The molecule has 0 saturated heterocycles. The molecule has 10 heteroatoms. The molecule has 122 valence electrons. The summed E-state index contributed by atoms with van der Waals surface area (Å²) in [7, 11) is 0. The van der Waals surface area contributed by atoms with E-state index in [1.807, 2.05) is 0 Å². The highest BCUT2D eigenvalue weighted by molar-refractivity contribution is 9.11. The SMILES string of the molecule is CC(C)(C)N=[N+]([O-])c1nc([N+]([O-])=NC(C)(C)C)c(Br)nc1Br. The van der Waals surface area contributed by atoms with Crippen molar-refractivity contribution >= 4 is 43.5 Å². The maximum absolute atomic E-state index is 12.1. The molecule has 1 aromatic heterocycles. The van der Waals surface area contributed by atoms with E-state index in [0.717, 1.165) is 0 Å². The molecule has 0 saturated carbocycles. The van der Waals surface area contributed by atoms with Crippen LogP contribution in [0.5, 0.6) is 0 Å². The van der Waals surface area contributed by atoms with Crippen molar-refractivity contribution in [3.8, 4) is 0 Å². The Morgan fingerprint density at radius 2 is 1.09 bits per heavy atom. The summed E-state index contributed by atoms with van der Waals surface area (Å²) >= 11 is 6.29. The lowest BCUT2D eigenvalue weighted by Gasteiger charge is -2.15. The van der Waals surface area contributed by atoms with Crippen molar-refractivity contribution < 1.29 is 9.72 Å². The Morgan fingerprint density at radius 1 is 0.773 bits per heavy atom. The van der Waals surface area contributed by atoms with E-state index < -0.39 is 11.1 Å². The Labute approximate surface area is 145 Å². The van der Waals surface area contributed by atoms with Crippen LogP contribution in [0.4, 0.5) is 11.6 Å². The lowest BCUT2D eigenvalue weighted by Crippen LogP contribution is -2.15. The average Bonchev–Trinajstić information content (AvgIpc) is 2.23. The van der Waals surface area contributed by atoms with E-state index >= 15 is 0 Å². The molecule has 22 heavy (non-hydrogen) atoms. The van der Waals surface area contributed by atoms with E-state index in [9.17, 15) is 10.4 Å². The topological polar surface area (TPSA) is 103 Å². The van der Waals surface area contributed by atoms with Gasteiger partial charge in [-0.3, -0.25) is 0 Å². The lowest BCUT2D eigenvalue weighted by atomic mass is 10.1. The zero-order valence-electron chi connectivity index (χ0n) is 13.3. The van der Waals surface area contributed by atoms with Gasteiger partial charge in [0.2, 0.25) is 9.21 Å². The largest absolute Gasteiger partial charge is 0.691 e. The third-order valence-electron chi connectivity index (χ3n) is 1.92. The third-order valence-corrected chi connectivity index (χ3v) is 2.99. The summed E-state index contributed by atoms with van der Waals surface area (Å²) in [6, 6.07) is 0. The molecule has 1 heterocycles. The predicted molar refractivity (Wildman–Crippen MR) is 88.4 cm³/mol. The van der Waals surface area contributed by atoms with Crippen LogP contribution in [0.3, 0.4) is 0 Å². The highest BCUT2D eigenvalue weighted by Crippen LogP contribution is 2.30. The van der Waals surface area contributed by atoms with Crippen molar-refractivity contribution in [1.29, 1.82) is 0 Å². The summed E-state index contributed by atoms with van der Waals surface area (Å²) in [4.78, 5) is 8.76. The third kappa shape index (κ3) is 5.56. The first kappa shape index (κ1) is 18.9. The summed E-state index contributed by atoms with van der Waals surface area (Å²) in [5, 5.41) is 32.1. The van der Waals surface area contributed by atoms with Gasteiger partial charge < -0.3 is 10.4 Å². The van der Waals surface area contributed by atoms with Crippen LogP contribution in [0.1, 0.15) is 41.5 Å². The number of hydrogen-bond donors (Lipinski definition) is 0. The van der Waals surface area contributed by atoms with Gasteiger partial charge in [0.1, 0.15) is 0 Å². The highest BCUT2D eigenvalue weighted by Gasteiger charge is 2.26. The molecule has 0 atom stereocenters. The minimum atomic E-state index is -0.594. The van der Waals surface area contributed by atoms with Crippen molar-refractivity contribution in [2.24, 2.45) is 10.2 Å². The standard InChI is InChI=1S/C12H18Br2N6O2/c1-11(2,3)17-19(21)9-7(13)15-8(14)10(16-9)20(22)18-12(4,5)6/h1-6H3. The molecule has 1 rings (SSSR count). The van der Waals surface area contributed by atoms with E-state index in [0.29, 0.717) is 9.72 Å². The first-order valence-electron chi connectivity index (χ1n) is 6.43. The molecule has 0 N–H and O–H groups in total. The van der Waals surface area contributed by atoms with Gasteiger partial charge in [0, 0.05) is 4.98 Å². The van der Waals surface area contributed by atoms with Gasteiger partial charge in [0.05, 0.1) is 11.1 Å². The van der Waals surface area contributed by atoms with Crippen molar-refractivity contribution in [2.75, 3.05) is 0 Å². The van der Waals surface area contributed by atoms with Crippen LogP contribution >= 0.6 is 31.9 Å². The maximum atomic E-state index is 12.1. The molecule has 0 aromatic carbocycles. The van der Waals surface area contributed by atoms with E-state index in [1.165, 1.54) is 0 Å². The second-order valence-corrected chi connectivity index (χ2v) is 8.04. The van der Waals surface area contributed by atoms with Gasteiger partial charge in [0.15, 0.2) is 0 Å². The van der Waals surface area contributed by atoms with E-state index in [4.69, 9.17) is 0 Å². The van der Waals surface area contributed by atoms with Crippen LogP contribution in [0.25, 0.3) is 0 Å². The molecule has 0 unspecified atom stereocenters. The fourth-order valence-electron chi connectivity index (χ4n) is 1.26. The molecule has 0 aliphatic heterocycles. The van der Waals surface area contributed by atoms with Crippen LogP contribution in [0, 0.1) is 10.4 Å². The Hall–Kier alpha value is -1.16. The molecule has 0 aliphatic rings. The number of halogens is 2. The van der Waals surface area contributed by atoms with Crippen molar-refractivity contribution in [1.82, 2.24) is 9.97 Å². The summed E-state index contributed by atoms with van der Waals surface area (Å²) in [5.41, 5.74) is -1.19. The molecule has 0 fully saturated rings. The highest BCUT2D eigenvalue weighted by atomic mass is 79.9. The smallest absolute Gasteiger partial charge is 0.384 e. The van der Waals surface area contributed by atoms with Crippen LogP contribution in [0.15, 0.2) is 19.4 Å². The Kier molecular flexibility index (Phi) is 5.61. The molecule has 0 aliphatic carbocycles. The molecular weight excluding hydrogens is 420 g/mol. The van der Waals surface area contributed by atoms with Gasteiger partial charge in [-0.1, -0.05) is 0 Å². The molecule has 0 spiro atoms. The maximum Gasteiger partial charge on any atom is 0.384 e. The van der Waals surface area contributed by atoms with Crippen LogP contribution < -0.4 is 0 Å². The monoisotopic (exact) mass is 436 g/mol. The van der Waals surface area contributed by atoms with Gasteiger partial charge in [-0.15, -0.1) is 19.9 Å². The second kappa shape index (κ2) is 6.53. The molecule has 0 amide bonds. The van der Waals surface area contributed by atoms with Gasteiger partial charge in [-0.05, 0) is 73.4 Å². The summed E-state index contributed by atoms with van der Waals surface area (Å²) < 4.78 is 0.352. The number of azo groups is 2. The van der Waals surface area contributed by atoms with Crippen molar-refractivity contribution in [3.63, 3.8) is 0 Å². The normalized spacial score (nSPS) is 14.4. The van der Waals surface area contributed by atoms with Gasteiger partial charge >= 0.3 is 11.6 Å². The van der Waals surface area contributed by atoms with E-state index in [1.54, 1.807) is 41.5 Å². The fraction of sp³-hybridized carbons (Fsp3) is 0.667. The zero-order chi connectivity index (χ0) is 17.3. The molecule has 8 nitrogen and oxygen atoms in total. The number of hydrogen-bond acceptors (Lipinski definition) is 6. The average molecular weight is 438 g/mol. The first-order chi connectivity index (χ1) is 9.80. The predicted octanol–water partition coefficient (Wildman–Crippen LogP) is 4.79. The van der Waals surface area contributed by atoms with Crippen molar-refractivity contribution in [2.45, 2.75) is 52.6 Å². The quantitative estimate of drug-likeness (QED) is 0.377. The van der Waals surface area contributed by atoms with Gasteiger partial charge in [-0.2, -0.15) is 0 Å². The summed E-state index contributed by atoms with van der Waals surface area (Å²) in [6.07, 6.45) is 0. The van der Waals surface area contributed by atoms with E-state index in [-0.39, 0.29) is 20.8 Å². The number of rotatable bonds is 2. The van der Waals surface area contributed by atoms with Crippen molar-refractivity contribution in [3.05, 3.63) is 19.6 Å². The molecule has 0 radical (unpaired) electrons. The minimum absolute atomic E-state index is 0.113. The van der Waals surface area contributed by atoms with E-state index in [2.05, 4.69) is 52.1 Å². The number of nitrogens with zero attached hydrogens (tertiary/aromatic N) is 6. The molecule has 1 aromatic rings. The summed E-state index contributed by atoms with van der Waals surface area (Å²) in [5.74, 6) is -0.226. The number of aromatic nitrogens is 2. The second-order valence-electron chi connectivity index (χ2n) is 6.54. The van der Waals surface area contributed by atoms with Crippen LogP contribution in [-0.2, 0) is 0 Å². The molecular formula is C12H18Br2N6O2. The lowest BCUT2D eigenvalue weighted by molar-refractivity contribution is -0.467. The van der Waals surface area contributed by atoms with Gasteiger partial charge in [-0.25, -0.2) is 4.98 Å². The van der Waals surface area contributed by atoms with Gasteiger partial charge in [0.25, 0.3) is 0 Å². The summed E-state index contributed by atoms with van der Waals surface area (Å²) in [6.45, 7) is 10.6. The fourth-order valence-corrected chi connectivity index (χ4v) is 2.34. The Bertz CT molecular complexity index is 580. The Morgan fingerprint density at radius 3 is 1.36 bits per heavy atom. The molecule has 0 bridgehead atoms. The zero-order valence-corrected chi connectivity index (χ0v) is 16.4. The Balaban J connectivity index is 3.44. The minimum Gasteiger partial charge on any atom is -0.691 e. The first-order valence-corrected chi connectivity index (χ1v) is 8.02. The van der Waals surface area contributed by atoms with Crippen LogP contribution in [-0.4, -0.2) is 30.8 Å².